The third-order valence-electron chi connectivity index (χ3n) is 1.92. The van der Waals surface area contributed by atoms with Gasteiger partial charge in [-0.2, -0.15) is 0 Å². The van der Waals surface area contributed by atoms with E-state index in [-0.39, 0.29) is 22.9 Å². The number of aliphatic carboxylic acids is 1. The second-order valence-corrected chi connectivity index (χ2v) is 3.19. The summed E-state index contributed by atoms with van der Waals surface area (Å²) in [6.07, 6.45) is -1.01. The van der Waals surface area contributed by atoms with Gasteiger partial charge >= 0.3 is 5.97 Å². The second kappa shape index (κ2) is 4.52. The van der Waals surface area contributed by atoms with E-state index in [0.717, 1.165) is 0 Å². The first-order chi connectivity index (χ1) is 7.41. The fraction of sp³-hybridized carbons (Fsp3) is 0.200. The van der Waals surface area contributed by atoms with Gasteiger partial charge < -0.3 is 20.7 Å². The van der Waals surface area contributed by atoms with E-state index in [9.17, 15) is 9.90 Å². The van der Waals surface area contributed by atoms with Crippen molar-refractivity contribution in [2.24, 2.45) is 5.73 Å². The van der Waals surface area contributed by atoms with Gasteiger partial charge in [0.2, 0.25) is 0 Å². The van der Waals surface area contributed by atoms with Gasteiger partial charge in [0.15, 0.2) is 6.10 Å². The van der Waals surface area contributed by atoms with Gasteiger partial charge in [0.05, 0.1) is 5.56 Å². The van der Waals surface area contributed by atoms with Crippen LogP contribution in [-0.4, -0.2) is 28.1 Å². The highest BCUT2D eigenvalue weighted by molar-refractivity contribution is 5.97. The molecule has 6 nitrogen and oxygen atoms in total. The van der Waals surface area contributed by atoms with Crippen LogP contribution >= 0.6 is 0 Å². The zero-order chi connectivity index (χ0) is 12.3. The second-order valence-electron chi connectivity index (χ2n) is 3.19. The van der Waals surface area contributed by atoms with Crippen molar-refractivity contribution >= 4 is 11.8 Å². The van der Waals surface area contributed by atoms with E-state index in [4.69, 9.17) is 21.0 Å². The first-order valence-corrected chi connectivity index (χ1v) is 4.48. The van der Waals surface area contributed by atoms with Crippen molar-refractivity contribution in [2.75, 3.05) is 0 Å². The van der Waals surface area contributed by atoms with Gasteiger partial charge in [-0.15, -0.1) is 0 Å². The first-order valence-electron chi connectivity index (χ1n) is 4.48. The minimum atomic E-state index is -1.10. The number of phenols is 1. The van der Waals surface area contributed by atoms with Crippen molar-refractivity contribution in [3.8, 4) is 11.5 Å². The first kappa shape index (κ1) is 11.8. The molecule has 1 unspecified atom stereocenters. The Balaban J connectivity index is 2.89. The molecule has 5 N–H and O–H groups in total. The average Bonchev–Trinajstić information content (AvgIpc) is 2.16. The molecule has 0 aliphatic carbocycles. The number of nitrogens with one attached hydrogen (secondary N) is 1. The third kappa shape index (κ3) is 2.63. The van der Waals surface area contributed by atoms with Gasteiger partial charge in [0.25, 0.3) is 0 Å². The summed E-state index contributed by atoms with van der Waals surface area (Å²) in [5.74, 6) is -1.38. The number of hydrogen-bond donors (Lipinski definition) is 4. The van der Waals surface area contributed by atoms with Gasteiger partial charge in [0, 0.05) is 6.07 Å². The van der Waals surface area contributed by atoms with E-state index in [0.29, 0.717) is 0 Å². The van der Waals surface area contributed by atoms with Crippen molar-refractivity contribution in [2.45, 2.75) is 13.0 Å². The SMILES string of the molecule is CC(Oc1ccc(C(=N)N)c(O)c1)C(=O)O. The van der Waals surface area contributed by atoms with E-state index < -0.39 is 12.1 Å². The molecule has 0 heterocycles. The van der Waals surface area contributed by atoms with Crippen molar-refractivity contribution in [3.63, 3.8) is 0 Å². The summed E-state index contributed by atoms with van der Waals surface area (Å²) in [5.41, 5.74) is 5.38. The number of carboxylic acid groups (broad SMARTS) is 1. The van der Waals surface area contributed by atoms with E-state index >= 15 is 0 Å². The molecule has 0 spiro atoms. The van der Waals surface area contributed by atoms with Gasteiger partial charge in [0.1, 0.15) is 17.3 Å². The summed E-state index contributed by atoms with van der Waals surface area (Å²) >= 11 is 0. The summed E-state index contributed by atoms with van der Waals surface area (Å²) in [6.45, 7) is 1.37. The Morgan fingerprint density at radius 3 is 2.62 bits per heavy atom. The van der Waals surface area contributed by atoms with Crippen LogP contribution in [-0.2, 0) is 4.79 Å². The van der Waals surface area contributed by atoms with Gasteiger partial charge in [-0.25, -0.2) is 4.79 Å². The Hall–Kier alpha value is -2.24. The predicted molar refractivity (Wildman–Crippen MR) is 56.8 cm³/mol. The molecule has 1 rings (SSSR count). The fourth-order valence-corrected chi connectivity index (χ4v) is 1.07. The van der Waals surface area contributed by atoms with Gasteiger partial charge in [-0.3, -0.25) is 5.41 Å². The van der Waals surface area contributed by atoms with Crippen LogP contribution in [0.1, 0.15) is 12.5 Å². The molecule has 0 aromatic heterocycles. The lowest BCUT2D eigenvalue weighted by molar-refractivity contribution is -0.144. The molecular formula is C10H12N2O4. The maximum atomic E-state index is 10.5. The van der Waals surface area contributed by atoms with E-state index in [1.807, 2.05) is 0 Å². The standard InChI is InChI=1S/C10H12N2O4/c1-5(10(14)15)16-6-2-3-7(9(11)12)8(13)4-6/h2-5,13H,1H3,(H3,11,12)(H,14,15). The molecule has 0 saturated carbocycles. The molecule has 0 fully saturated rings. The number of aromatic hydroxyl groups is 1. The van der Waals surface area contributed by atoms with E-state index in [2.05, 4.69) is 0 Å². The van der Waals surface area contributed by atoms with Crippen molar-refractivity contribution in [1.82, 2.24) is 0 Å². The highest BCUT2D eigenvalue weighted by Gasteiger charge is 2.13. The van der Waals surface area contributed by atoms with Crippen LogP contribution in [0.4, 0.5) is 0 Å². The van der Waals surface area contributed by atoms with Gasteiger partial charge in [-0.05, 0) is 19.1 Å². The topological polar surface area (TPSA) is 117 Å². The minimum absolute atomic E-state index is 0.176. The number of phenolic OH excluding ortho intramolecular Hbond substituents is 1. The summed E-state index contributed by atoms with van der Waals surface area (Å²) in [7, 11) is 0. The molecule has 1 aromatic rings. The number of benzene rings is 1. The van der Waals surface area contributed by atoms with E-state index in [1.54, 1.807) is 0 Å². The maximum absolute atomic E-state index is 10.5. The number of ether oxygens (including phenoxy) is 1. The normalized spacial score (nSPS) is 11.8. The number of nitrogens with two attached hydrogens (primary N) is 1. The number of hydrogen-bond acceptors (Lipinski definition) is 4. The van der Waals surface area contributed by atoms with Gasteiger partial charge in [-0.1, -0.05) is 0 Å². The number of carboxylic acids is 1. The van der Waals surface area contributed by atoms with Crippen LogP contribution in [0.15, 0.2) is 18.2 Å². The quantitative estimate of drug-likeness (QED) is 0.439. The summed E-state index contributed by atoms with van der Waals surface area (Å²) in [5, 5.41) is 25.2. The van der Waals surface area contributed by atoms with E-state index in [1.165, 1.54) is 25.1 Å². The number of rotatable bonds is 4. The fourth-order valence-electron chi connectivity index (χ4n) is 1.07. The minimum Gasteiger partial charge on any atom is -0.507 e. The zero-order valence-corrected chi connectivity index (χ0v) is 8.60. The molecule has 1 aromatic carbocycles. The lowest BCUT2D eigenvalue weighted by Crippen LogP contribution is -2.22. The average molecular weight is 224 g/mol. The Morgan fingerprint density at radius 2 is 2.19 bits per heavy atom. The van der Waals surface area contributed by atoms with Crippen LogP contribution in [0.2, 0.25) is 0 Å². The summed E-state index contributed by atoms with van der Waals surface area (Å²) < 4.78 is 5.02. The smallest absolute Gasteiger partial charge is 0.344 e. The van der Waals surface area contributed by atoms with Crippen molar-refractivity contribution < 1.29 is 19.7 Å². The molecule has 6 heteroatoms. The van der Waals surface area contributed by atoms with Crippen LogP contribution in [0.25, 0.3) is 0 Å². The van der Waals surface area contributed by atoms with Crippen LogP contribution < -0.4 is 10.5 Å². The van der Waals surface area contributed by atoms with Crippen LogP contribution in [0.3, 0.4) is 0 Å². The Morgan fingerprint density at radius 1 is 1.56 bits per heavy atom. The maximum Gasteiger partial charge on any atom is 0.344 e. The highest BCUT2D eigenvalue weighted by atomic mass is 16.5. The van der Waals surface area contributed by atoms with Crippen LogP contribution in [0.5, 0.6) is 11.5 Å². The zero-order valence-electron chi connectivity index (χ0n) is 8.60. The lowest BCUT2D eigenvalue weighted by Gasteiger charge is -2.11. The third-order valence-corrected chi connectivity index (χ3v) is 1.92. The molecule has 1 atom stereocenters. The number of nitrogen functional groups attached to an aromatic ring is 1. The summed E-state index contributed by atoms with van der Waals surface area (Å²) in [6, 6.07) is 4.05. The number of amidine groups is 1. The van der Waals surface area contributed by atoms with Crippen LogP contribution in [0, 0.1) is 5.41 Å². The monoisotopic (exact) mass is 224 g/mol. The Labute approximate surface area is 91.8 Å². The Bertz CT molecular complexity index is 431. The molecule has 0 saturated heterocycles. The molecule has 0 amide bonds. The highest BCUT2D eigenvalue weighted by Crippen LogP contribution is 2.23. The molecule has 0 aliphatic rings. The number of carbonyl (C=O) groups is 1. The lowest BCUT2D eigenvalue weighted by atomic mass is 10.2. The predicted octanol–water partition coefficient (Wildman–Crippen LogP) is 0.528. The molecule has 0 radical (unpaired) electrons. The van der Waals surface area contributed by atoms with Crippen molar-refractivity contribution in [3.05, 3.63) is 23.8 Å². The Kier molecular flexibility index (Phi) is 3.34. The molecule has 16 heavy (non-hydrogen) atoms. The molecule has 0 bridgehead atoms. The molecule has 86 valence electrons. The molecular weight excluding hydrogens is 212 g/mol. The summed E-state index contributed by atoms with van der Waals surface area (Å²) in [4.78, 5) is 10.5. The molecule has 0 aliphatic heterocycles. The largest absolute Gasteiger partial charge is 0.507 e. The van der Waals surface area contributed by atoms with Crippen molar-refractivity contribution in [1.29, 1.82) is 5.41 Å².